The van der Waals surface area contributed by atoms with Gasteiger partial charge in [-0.05, 0) is 57.5 Å². The molecule has 0 heterocycles. The Hall–Kier alpha value is -2.40. The number of carbonyl (C=O) groups is 1. The average Bonchev–Trinajstić information content (AvgIpc) is 2.61. The molecule has 0 unspecified atom stereocenters. The predicted octanol–water partition coefficient (Wildman–Crippen LogP) is 5.10. The number of hydrogen-bond donors (Lipinski definition) is 1. The van der Waals surface area contributed by atoms with Crippen molar-refractivity contribution >= 4 is 23.2 Å². The summed E-state index contributed by atoms with van der Waals surface area (Å²) in [7, 11) is 0. The van der Waals surface area contributed by atoms with Crippen LogP contribution in [0.25, 0.3) is 0 Å². The number of halogens is 1. The van der Waals surface area contributed by atoms with Gasteiger partial charge in [0.05, 0.1) is 19.8 Å². The van der Waals surface area contributed by atoms with Gasteiger partial charge in [0.1, 0.15) is 0 Å². The molecule has 0 aliphatic rings. The molecule has 2 rings (SSSR count). The smallest absolute Gasteiger partial charge is 0.255 e. The number of ether oxygens (including phenoxy) is 3. The molecule has 6 heteroatoms. The lowest BCUT2D eigenvalue weighted by Crippen LogP contribution is -2.14. The number of hydrogen-bond acceptors (Lipinski definition) is 4. The van der Waals surface area contributed by atoms with E-state index in [1.54, 1.807) is 30.3 Å². The number of amides is 1. The minimum atomic E-state index is -0.277. The van der Waals surface area contributed by atoms with E-state index in [0.717, 1.165) is 5.56 Å². The van der Waals surface area contributed by atoms with E-state index in [-0.39, 0.29) is 5.91 Å². The standard InChI is InChI=1S/C20H24ClNO4/c1-5-24-17-11-14(12-18(25-6-2)19(17)26-7-3)20(23)22-16-10-8-9-15(21)13(16)4/h8-12H,5-7H2,1-4H3,(H,22,23). The highest BCUT2D eigenvalue weighted by molar-refractivity contribution is 6.31. The van der Waals surface area contributed by atoms with Crippen LogP contribution >= 0.6 is 11.6 Å². The third kappa shape index (κ3) is 4.61. The SMILES string of the molecule is CCOc1cc(C(=O)Nc2cccc(Cl)c2C)cc(OCC)c1OCC. The highest BCUT2D eigenvalue weighted by atomic mass is 35.5. The van der Waals surface area contributed by atoms with Gasteiger partial charge in [-0.2, -0.15) is 0 Å². The summed E-state index contributed by atoms with van der Waals surface area (Å²) in [5.74, 6) is 1.19. The second kappa shape index (κ2) is 9.34. The van der Waals surface area contributed by atoms with E-state index in [0.29, 0.717) is 53.3 Å². The number of nitrogens with one attached hydrogen (secondary N) is 1. The molecule has 0 saturated carbocycles. The fraction of sp³-hybridized carbons (Fsp3) is 0.350. The lowest BCUT2D eigenvalue weighted by Gasteiger charge is -2.17. The van der Waals surface area contributed by atoms with Crippen LogP contribution in [0, 0.1) is 6.92 Å². The van der Waals surface area contributed by atoms with Crippen LogP contribution in [0.1, 0.15) is 36.7 Å². The van der Waals surface area contributed by atoms with Crippen molar-refractivity contribution in [3.05, 3.63) is 46.5 Å². The van der Waals surface area contributed by atoms with Crippen LogP contribution in [-0.2, 0) is 0 Å². The van der Waals surface area contributed by atoms with Gasteiger partial charge in [0, 0.05) is 16.3 Å². The van der Waals surface area contributed by atoms with Crippen LogP contribution in [0.5, 0.6) is 17.2 Å². The quantitative estimate of drug-likeness (QED) is 0.695. The zero-order chi connectivity index (χ0) is 19.1. The molecule has 1 amide bonds. The van der Waals surface area contributed by atoms with E-state index < -0.39 is 0 Å². The number of anilines is 1. The van der Waals surface area contributed by atoms with Crippen LogP contribution < -0.4 is 19.5 Å². The normalized spacial score (nSPS) is 10.3. The molecule has 0 spiro atoms. The highest BCUT2D eigenvalue weighted by Crippen LogP contribution is 2.39. The van der Waals surface area contributed by atoms with Gasteiger partial charge in [-0.1, -0.05) is 17.7 Å². The minimum Gasteiger partial charge on any atom is -0.490 e. The van der Waals surface area contributed by atoms with Gasteiger partial charge >= 0.3 is 0 Å². The maximum absolute atomic E-state index is 12.8. The van der Waals surface area contributed by atoms with Crippen LogP contribution in [0.2, 0.25) is 5.02 Å². The van der Waals surface area contributed by atoms with Crippen molar-refractivity contribution in [3.63, 3.8) is 0 Å². The first-order chi connectivity index (χ1) is 12.5. The van der Waals surface area contributed by atoms with Crippen molar-refractivity contribution in [1.82, 2.24) is 0 Å². The molecule has 0 saturated heterocycles. The first kappa shape index (κ1) is 19.9. The summed E-state index contributed by atoms with van der Waals surface area (Å²) in [6, 6.07) is 8.70. The average molecular weight is 378 g/mol. The Bertz CT molecular complexity index is 749. The van der Waals surface area contributed by atoms with Crippen molar-refractivity contribution < 1.29 is 19.0 Å². The zero-order valence-electron chi connectivity index (χ0n) is 15.5. The van der Waals surface area contributed by atoms with E-state index in [1.807, 2.05) is 27.7 Å². The van der Waals surface area contributed by atoms with Crippen LogP contribution in [0.4, 0.5) is 5.69 Å². The van der Waals surface area contributed by atoms with Gasteiger partial charge in [0.25, 0.3) is 5.91 Å². The van der Waals surface area contributed by atoms with E-state index in [4.69, 9.17) is 25.8 Å². The first-order valence-corrected chi connectivity index (χ1v) is 9.02. The second-order valence-corrected chi connectivity index (χ2v) is 5.87. The summed E-state index contributed by atoms with van der Waals surface area (Å²) in [5.41, 5.74) is 1.88. The lowest BCUT2D eigenvalue weighted by molar-refractivity contribution is 0.102. The van der Waals surface area contributed by atoms with Gasteiger partial charge in [0.2, 0.25) is 5.75 Å². The summed E-state index contributed by atoms with van der Waals surface area (Å²) in [5, 5.41) is 3.48. The third-order valence-electron chi connectivity index (χ3n) is 3.69. The topological polar surface area (TPSA) is 56.8 Å². The van der Waals surface area contributed by atoms with Crippen LogP contribution in [0.3, 0.4) is 0 Å². The zero-order valence-corrected chi connectivity index (χ0v) is 16.3. The molecule has 26 heavy (non-hydrogen) atoms. The van der Waals surface area contributed by atoms with E-state index in [9.17, 15) is 4.79 Å². The monoisotopic (exact) mass is 377 g/mol. The summed E-state index contributed by atoms with van der Waals surface area (Å²) in [6.45, 7) is 8.85. The number of benzene rings is 2. The number of rotatable bonds is 8. The summed E-state index contributed by atoms with van der Waals surface area (Å²) >= 11 is 6.12. The largest absolute Gasteiger partial charge is 0.490 e. The van der Waals surface area contributed by atoms with Crippen molar-refractivity contribution in [3.8, 4) is 17.2 Å². The van der Waals surface area contributed by atoms with Gasteiger partial charge < -0.3 is 19.5 Å². The molecule has 5 nitrogen and oxygen atoms in total. The van der Waals surface area contributed by atoms with Gasteiger partial charge in [-0.15, -0.1) is 0 Å². The Morgan fingerprint density at radius 2 is 1.58 bits per heavy atom. The molecular formula is C20H24ClNO4. The Balaban J connectivity index is 2.40. The Morgan fingerprint density at radius 3 is 2.12 bits per heavy atom. The van der Waals surface area contributed by atoms with Crippen molar-refractivity contribution in [2.24, 2.45) is 0 Å². The molecule has 0 bridgehead atoms. The molecule has 2 aromatic rings. The Labute approximate surface area is 159 Å². The molecule has 2 aromatic carbocycles. The maximum Gasteiger partial charge on any atom is 0.255 e. The summed E-state index contributed by atoms with van der Waals surface area (Å²) < 4.78 is 17.0. The molecular weight excluding hydrogens is 354 g/mol. The molecule has 0 fully saturated rings. The first-order valence-electron chi connectivity index (χ1n) is 8.64. The maximum atomic E-state index is 12.8. The lowest BCUT2D eigenvalue weighted by atomic mass is 10.1. The fourth-order valence-corrected chi connectivity index (χ4v) is 2.63. The van der Waals surface area contributed by atoms with Gasteiger partial charge in [-0.25, -0.2) is 0 Å². The summed E-state index contributed by atoms with van der Waals surface area (Å²) in [6.07, 6.45) is 0. The van der Waals surface area contributed by atoms with Crippen molar-refractivity contribution in [2.45, 2.75) is 27.7 Å². The molecule has 0 aliphatic carbocycles. The highest BCUT2D eigenvalue weighted by Gasteiger charge is 2.19. The molecule has 0 radical (unpaired) electrons. The molecule has 0 aromatic heterocycles. The third-order valence-corrected chi connectivity index (χ3v) is 4.10. The molecule has 1 N–H and O–H groups in total. The Morgan fingerprint density at radius 1 is 1.00 bits per heavy atom. The molecule has 0 atom stereocenters. The fourth-order valence-electron chi connectivity index (χ4n) is 2.46. The minimum absolute atomic E-state index is 0.277. The van der Waals surface area contributed by atoms with E-state index in [1.165, 1.54) is 0 Å². The second-order valence-electron chi connectivity index (χ2n) is 5.47. The Kier molecular flexibility index (Phi) is 7.16. The molecule has 0 aliphatic heterocycles. The van der Waals surface area contributed by atoms with Crippen LogP contribution in [-0.4, -0.2) is 25.7 Å². The predicted molar refractivity (Wildman–Crippen MR) is 104 cm³/mol. The van der Waals surface area contributed by atoms with Crippen molar-refractivity contribution in [1.29, 1.82) is 0 Å². The van der Waals surface area contributed by atoms with Crippen molar-refractivity contribution in [2.75, 3.05) is 25.1 Å². The van der Waals surface area contributed by atoms with E-state index >= 15 is 0 Å². The van der Waals surface area contributed by atoms with Gasteiger partial charge in [-0.3, -0.25) is 4.79 Å². The van der Waals surface area contributed by atoms with E-state index in [2.05, 4.69) is 5.32 Å². The summed E-state index contributed by atoms with van der Waals surface area (Å²) in [4.78, 5) is 12.8. The van der Waals surface area contributed by atoms with Gasteiger partial charge in [0.15, 0.2) is 11.5 Å². The molecule has 140 valence electrons. The number of carbonyl (C=O) groups excluding carboxylic acids is 1. The van der Waals surface area contributed by atoms with Crippen LogP contribution in [0.15, 0.2) is 30.3 Å².